The Balaban J connectivity index is 2.17. The summed E-state index contributed by atoms with van der Waals surface area (Å²) in [7, 11) is 1.57. The van der Waals surface area contributed by atoms with Gasteiger partial charge in [-0.25, -0.2) is 14.3 Å². The maximum atomic E-state index is 12.1. The number of carbonyl (C=O) groups excluding carboxylic acids is 1. The van der Waals surface area contributed by atoms with Gasteiger partial charge in [-0.15, -0.1) is 0 Å². The van der Waals surface area contributed by atoms with E-state index >= 15 is 0 Å². The van der Waals surface area contributed by atoms with Crippen molar-refractivity contribution in [3.8, 4) is 11.1 Å². The number of ether oxygens (including phenoxy) is 2. The highest BCUT2D eigenvalue weighted by molar-refractivity contribution is 5.91. The van der Waals surface area contributed by atoms with E-state index in [0.29, 0.717) is 23.5 Å². The van der Waals surface area contributed by atoms with E-state index in [1.165, 1.54) is 6.20 Å². The Morgan fingerprint density at radius 2 is 2.00 bits per heavy atom. The average Bonchev–Trinajstić information content (AvgIpc) is 3.01. The summed E-state index contributed by atoms with van der Waals surface area (Å²) < 4.78 is 11.9. The summed E-state index contributed by atoms with van der Waals surface area (Å²) in [6.45, 7) is 2.31. The van der Waals surface area contributed by atoms with Crippen molar-refractivity contribution in [2.24, 2.45) is 0 Å². The largest absolute Gasteiger partial charge is 0.462 e. The molecule has 0 fully saturated rings. The van der Waals surface area contributed by atoms with Crippen LogP contribution in [0, 0.1) is 0 Å². The minimum Gasteiger partial charge on any atom is -0.462 e. The fourth-order valence-electron chi connectivity index (χ4n) is 2.45. The second kappa shape index (κ2) is 6.58. The van der Waals surface area contributed by atoms with Crippen LogP contribution >= 0.6 is 0 Å². The minimum absolute atomic E-state index is 0.239. The molecule has 118 valence electrons. The molecule has 0 radical (unpaired) electrons. The molecule has 0 aliphatic heterocycles. The van der Waals surface area contributed by atoms with Crippen molar-refractivity contribution in [3.05, 3.63) is 54.0 Å². The van der Waals surface area contributed by atoms with E-state index in [1.54, 1.807) is 24.7 Å². The predicted molar refractivity (Wildman–Crippen MR) is 85.1 cm³/mol. The molecule has 6 nitrogen and oxygen atoms in total. The zero-order valence-electron chi connectivity index (χ0n) is 13.0. The van der Waals surface area contributed by atoms with Gasteiger partial charge in [-0.05, 0) is 12.5 Å². The molecule has 0 N–H and O–H groups in total. The molecule has 0 atom stereocenters. The zero-order chi connectivity index (χ0) is 16.2. The lowest BCUT2D eigenvalue weighted by Crippen LogP contribution is -2.14. The number of hydrogen-bond donors (Lipinski definition) is 0. The molecule has 2 heterocycles. The molecule has 0 amide bonds. The maximum Gasteiger partial charge on any atom is 0.341 e. The van der Waals surface area contributed by atoms with Gasteiger partial charge in [0.1, 0.15) is 5.56 Å². The van der Waals surface area contributed by atoms with Gasteiger partial charge < -0.3 is 9.47 Å². The summed E-state index contributed by atoms with van der Waals surface area (Å²) in [4.78, 5) is 16.5. The number of hydrogen-bond acceptors (Lipinski definition) is 5. The Morgan fingerprint density at radius 3 is 2.70 bits per heavy atom. The molecule has 0 saturated heterocycles. The van der Waals surface area contributed by atoms with E-state index in [2.05, 4.69) is 10.1 Å². The van der Waals surface area contributed by atoms with Crippen molar-refractivity contribution < 1.29 is 14.3 Å². The molecule has 23 heavy (non-hydrogen) atoms. The third-order valence-corrected chi connectivity index (χ3v) is 3.49. The monoisotopic (exact) mass is 311 g/mol. The van der Waals surface area contributed by atoms with Crippen LogP contribution in [0.1, 0.15) is 23.0 Å². The summed E-state index contributed by atoms with van der Waals surface area (Å²) in [6.07, 6.45) is 3.27. The Bertz CT molecular complexity index is 828. The van der Waals surface area contributed by atoms with E-state index < -0.39 is 5.97 Å². The van der Waals surface area contributed by atoms with Gasteiger partial charge in [0.2, 0.25) is 0 Å². The number of methoxy groups -OCH3 is 1. The molecule has 2 aromatic heterocycles. The second-order valence-corrected chi connectivity index (χ2v) is 4.93. The Hall–Kier alpha value is -2.73. The van der Waals surface area contributed by atoms with Gasteiger partial charge in [0, 0.05) is 18.9 Å². The summed E-state index contributed by atoms with van der Waals surface area (Å²) in [5.74, 6) is -0.425. The average molecular weight is 311 g/mol. The fraction of sp³-hybridized carbons (Fsp3) is 0.235. The van der Waals surface area contributed by atoms with Crippen LogP contribution in [0.4, 0.5) is 0 Å². The molecule has 0 aliphatic carbocycles. The van der Waals surface area contributed by atoms with Crippen LogP contribution in [0.3, 0.4) is 0 Å². The first kappa shape index (κ1) is 15.2. The first-order valence-corrected chi connectivity index (χ1v) is 7.33. The van der Waals surface area contributed by atoms with E-state index in [4.69, 9.17) is 9.47 Å². The van der Waals surface area contributed by atoms with Gasteiger partial charge in [0.15, 0.2) is 5.65 Å². The lowest BCUT2D eigenvalue weighted by Gasteiger charge is -2.10. The van der Waals surface area contributed by atoms with Crippen LogP contribution < -0.4 is 0 Å². The van der Waals surface area contributed by atoms with Crippen molar-refractivity contribution in [3.63, 3.8) is 0 Å². The van der Waals surface area contributed by atoms with Crippen LogP contribution in [-0.4, -0.2) is 34.3 Å². The molecule has 3 aromatic rings. The zero-order valence-corrected chi connectivity index (χ0v) is 13.0. The van der Waals surface area contributed by atoms with Gasteiger partial charge in [0.05, 0.1) is 25.1 Å². The highest BCUT2D eigenvalue weighted by Gasteiger charge is 2.19. The minimum atomic E-state index is -0.425. The Labute approximate surface area is 133 Å². The predicted octanol–water partition coefficient (Wildman–Crippen LogP) is 2.72. The second-order valence-electron chi connectivity index (χ2n) is 4.93. The molecule has 0 spiro atoms. The third kappa shape index (κ3) is 2.80. The molecular weight excluding hydrogens is 294 g/mol. The van der Waals surface area contributed by atoms with Crippen molar-refractivity contribution in [1.29, 1.82) is 0 Å². The molecule has 3 rings (SSSR count). The number of rotatable bonds is 5. The molecule has 1 aromatic carbocycles. The molecule has 0 unspecified atom stereocenters. The summed E-state index contributed by atoms with van der Waals surface area (Å²) in [5, 5.41) is 4.38. The van der Waals surface area contributed by atoms with Crippen LogP contribution in [-0.2, 0) is 16.1 Å². The quantitative estimate of drug-likeness (QED) is 0.678. The van der Waals surface area contributed by atoms with Crippen LogP contribution in [0.2, 0.25) is 0 Å². The van der Waals surface area contributed by atoms with E-state index in [9.17, 15) is 4.79 Å². The maximum absolute atomic E-state index is 12.1. The van der Waals surface area contributed by atoms with Crippen LogP contribution in [0.25, 0.3) is 16.8 Å². The highest BCUT2D eigenvalue weighted by Crippen LogP contribution is 2.25. The van der Waals surface area contributed by atoms with E-state index in [0.717, 1.165) is 11.1 Å². The number of nitrogens with zero attached hydrogens (tertiary/aromatic N) is 3. The molecule has 0 bridgehead atoms. The number of benzene rings is 1. The van der Waals surface area contributed by atoms with Crippen LogP contribution in [0.5, 0.6) is 0 Å². The van der Waals surface area contributed by atoms with Gasteiger partial charge in [-0.2, -0.15) is 5.10 Å². The topological polar surface area (TPSA) is 65.7 Å². The lowest BCUT2D eigenvalue weighted by atomic mass is 10.1. The lowest BCUT2D eigenvalue weighted by molar-refractivity contribution is 0.0519. The normalized spacial score (nSPS) is 10.9. The number of carbonyl (C=O) groups is 1. The fourth-order valence-corrected chi connectivity index (χ4v) is 2.45. The highest BCUT2D eigenvalue weighted by atomic mass is 16.5. The number of aromatic nitrogens is 3. The summed E-state index contributed by atoms with van der Waals surface area (Å²) in [6, 6.07) is 9.86. The standard InChI is InChI=1S/C17H17N3O3/c1-3-23-17(21)14-9-18-16-13(12-7-5-4-6-8-12)10-19-20(16)15(14)11-22-2/h4-10H,3,11H2,1-2H3. The van der Waals surface area contributed by atoms with E-state index in [1.807, 2.05) is 30.3 Å². The molecule has 6 heteroatoms. The van der Waals surface area contributed by atoms with Crippen LogP contribution in [0.15, 0.2) is 42.7 Å². The third-order valence-electron chi connectivity index (χ3n) is 3.49. The van der Waals surface area contributed by atoms with Crippen molar-refractivity contribution in [1.82, 2.24) is 14.6 Å². The van der Waals surface area contributed by atoms with Crippen molar-refractivity contribution >= 4 is 11.6 Å². The van der Waals surface area contributed by atoms with Gasteiger partial charge >= 0.3 is 5.97 Å². The molecular formula is C17H17N3O3. The van der Waals surface area contributed by atoms with Crippen molar-refractivity contribution in [2.45, 2.75) is 13.5 Å². The first-order chi connectivity index (χ1) is 11.3. The molecule has 0 saturated carbocycles. The Kier molecular flexibility index (Phi) is 4.34. The van der Waals surface area contributed by atoms with Gasteiger partial charge in [-0.1, -0.05) is 30.3 Å². The smallest absolute Gasteiger partial charge is 0.341 e. The van der Waals surface area contributed by atoms with Gasteiger partial charge in [-0.3, -0.25) is 0 Å². The van der Waals surface area contributed by atoms with Gasteiger partial charge in [0.25, 0.3) is 0 Å². The molecule has 0 aliphatic rings. The number of esters is 1. The summed E-state index contributed by atoms with van der Waals surface area (Å²) in [5.41, 5.74) is 3.58. The summed E-state index contributed by atoms with van der Waals surface area (Å²) >= 11 is 0. The first-order valence-electron chi connectivity index (χ1n) is 7.33. The van der Waals surface area contributed by atoms with Crippen molar-refractivity contribution in [2.75, 3.05) is 13.7 Å². The SMILES string of the molecule is CCOC(=O)c1cnc2c(-c3ccccc3)cnn2c1COC. The van der Waals surface area contributed by atoms with E-state index in [-0.39, 0.29) is 6.61 Å². The number of fused-ring (bicyclic) bond motifs is 1. The Morgan fingerprint density at radius 1 is 1.22 bits per heavy atom.